The molecule has 10 nitrogen and oxygen atoms in total. The van der Waals surface area contributed by atoms with E-state index in [9.17, 15) is 19.2 Å². The molecule has 2 fully saturated rings. The molecule has 0 aliphatic carbocycles. The molecule has 34 heavy (non-hydrogen) atoms. The van der Waals surface area contributed by atoms with Crippen molar-refractivity contribution in [3.8, 4) is 11.5 Å². The van der Waals surface area contributed by atoms with E-state index in [1.165, 1.54) is 0 Å². The highest BCUT2D eigenvalue weighted by molar-refractivity contribution is 6.10. The van der Waals surface area contributed by atoms with Gasteiger partial charge in [-0.15, -0.1) is 0 Å². The fourth-order valence-electron chi connectivity index (χ4n) is 4.38. The summed E-state index contributed by atoms with van der Waals surface area (Å²) < 4.78 is 11.1. The average molecular weight is 464 g/mol. The third kappa shape index (κ3) is 3.81. The molecule has 2 aromatic rings. The van der Waals surface area contributed by atoms with Crippen molar-refractivity contribution in [3.05, 3.63) is 48.0 Å². The van der Waals surface area contributed by atoms with Crippen LogP contribution in [-0.2, 0) is 19.9 Å². The minimum absolute atomic E-state index is 0.0800. The Balaban J connectivity index is 1.25. The van der Waals surface area contributed by atoms with Crippen LogP contribution in [0.3, 0.4) is 0 Å². The van der Waals surface area contributed by atoms with Gasteiger partial charge in [0, 0.05) is 24.3 Å². The Morgan fingerprint density at radius 3 is 2.50 bits per heavy atom. The van der Waals surface area contributed by atoms with Gasteiger partial charge < -0.3 is 25.0 Å². The number of hydrogen-bond acceptors (Lipinski definition) is 6. The third-order valence-electron chi connectivity index (χ3n) is 6.23. The van der Waals surface area contributed by atoms with Gasteiger partial charge in [0.25, 0.3) is 5.91 Å². The monoisotopic (exact) mass is 464 g/mol. The van der Waals surface area contributed by atoms with Crippen LogP contribution in [0.4, 0.5) is 16.2 Å². The van der Waals surface area contributed by atoms with Crippen LogP contribution in [0, 0.1) is 0 Å². The standard InChI is InChI=1S/C24H24N4O6/c1-24(15-4-9-18-19(13-15)34-12-11-33-18)22(31)28(23(32)26-24)14-20(29)25-16-5-7-17(8-6-16)27-10-2-3-21(27)30/h4-9,13H,2-3,10-12,14H2,1H3,(H,25,29)(H,26,32)/t24-/m0/s1. The van der Waals surface area contributed by atoms with E-state index in [2.05, 4.69) is 10.6 Å². The minimum atomic E-state index is -1.34. The molecule has 3 aliphatic rings. The summed E-state index contributed by atoms with van der Waals surface area (Å²) in [6.45, 7) is 2.68. The van der Waals surface area contributed by atoms with Crippen LogP contribution in [0.25, 0.3) is 0 Å². The van der Waals surface area contributed by atoms with E-state index >= 15 is 0 Å². The first-order valence-corrected chi connectivity index (χ1v) is 11.1. The summed E-state index contributed by atoms with van der Waals surface area (Å²) in [6, 6.07) is 11.3. The Morgan fingerprint density at radius 2 is 1.79 bits per heavy atom. The number of imide groups is 1. The smallest absolute Gasteiger partial charge is 0.325 e. The van der Waals surface area contributed by atoms with Gasteiger partial charge in [-0.1, -0.05) is 6.07 Å². The van der Waals surface area contributed by atoms with Crippen molar-refractivity contribution in [1.29, 1.82) is 0 Å². The number of nitrogens with one attached hydrogen (secondary N) is 2. The van der Waals surface area contributed by atoms with Crippen LogP contribution < -0.4 is 25.0 Å². The lowest BCUT2D eigenvalue weighted by atomic mass is 9.91. The maximum Gasteiger partial charge on any atom is 0.325 e. The highest BCUT2D eigenvalue weighted by atomic mass is 16.6. The number of amides is 5. The fourth-order valence-corrected chi connectivity index (χ4v) is 4.38. The topological polar surface area (TPSA) is 117 Å². The van der Waals surface area contributed by atoms with Crippen molar-refractivity contribution < 1.29 is 28.7 Å². The molecule has 3 heterocycles. The number of ether oxygens (including phenoxy) is 2. The lowest BCUT2D eigenvalue weighted by Crippen LogP contribution is -2.42. The molecule has 1 atom stereocenters. The summed E-state index contributed by atoms with van der Waals surface area (Å²) in [4.78, 5) is 52.9. The highest BCUT2D eigenvalue weighted by Gasteiger charge is 2.49. The Labute approximate surface area is 195 Å². The molecule has 0 radical (unpaired) electrons. The second-order valence-corrected chi connectivity index (χ2v) is 8.55. The maximum atomic E-state index is 13.2. The van der Waals surface area contributed by atoms with Crippen molar-refractivity contribution in [1.82, 2.24) is 10.2 Å². The first-order chi connectivity index (χ1) is 16.3. The lowest BCUT2D eigenvalue weighted by Gasteiger charge is -2.25. The summed E-state index contributed by atoms with van der Waals surface area (Å²) in [5.74, 6) is 0.109. The van der Waals surface area contributed by atoms with Gasteiger partial charge in [0.05, 0.1) is 0 Å². The number of urea groups is 1. The summed E-state index contributed by atoms with van der Waals surface area (Å²) >= 11 is 0. The Hall–Kier alpha value is -4.08. The summed E-state index contributed by atoms with van der Waals surface area (Å²) in [6.07, 6.45) is 1.37. The van der Waals surface area contributed by atoms with Gasteiger partial charge in [0.1, 0.15) is 25.3 Å². The van der Waals surface area contributed by atoms with Crippen molar-refractivity contribution in [2.24, 2.45) is 0 Å². The van der Waals surface area contributed by atoms with Crippen molar-refractivity contribution >= 4 is 35.1 Å². The highest BCUT2D eigenvalue weighted by Crippen LogP contribution is 2.36. The van der Waals surface area contributed by atoms with Crippen LogP contribution in [0.1, 0.15) is 25.3 Å². The van der Waals surface area contributed by atoms with E-state index in [0.29, 0.717) is 48.9 Å². The van der Waals surface area contributed by atoms with Gasteiger partial charge in [-0.25, -0.2) is 4.79 Å². The van der Waals surface area contributed by atoms with Crippen molar-refractivity contribution in [2.45, 2.75) is 25.3 Å². The molecule has 10 heteroatoms. The predicted octanol–water partition coefficient (Wildman–Crippen LogP) is 1.99. The van der Waals surface area contributed by atoms with Gasteiger partial charge >= 0.3 is 6.03 Å². The van der Waals surface area contributed by atoms with Crippen LogP contribution in [0.15, 0.2) is 42.5 Å². The average Bonchev–Trinajstić information content (AvgIpc) is 3.36. The zero-order valence-corrected chi connectivity index (χ0v) is 18.6. The van der Waals surface area contributed by atoms with Crippen LogP contribution >= 0.6 is 0 Å². The second-order valence-electron chi connectivity index (χ2n) is 8.55. The van der Waals surface area contributed by atoms with Gasteiger partial charge in [-0.3, -0.25) is 19.3 Å². The first-order valence-electron chi connectivity index (χ1n) is 11.1. The molecule has 0 spiro atoms. The molecule has 0 saturated carbocycles. The largest absolute Gasteiger partial charge is 0.486 e. The van der Waals surface area contributed by atoms with Crippen LogP contribution in [0.2, 0.25) is 0 Å². The molecule has 2 saturated heterocycles. The van der Waals surface area contributed by atoms with E-state index in [1.54, 1.807) is 54.3 Å². The number of benzene rings is 2. The third-order valence-corrected chi connectivity index (χ3v) is 6.23. The SMILES string of the molecule is C[C@@]1(c2ccc3c(c2)OCCO3)NC(=O)N(CC(=O)Nc2ccc(N3CCCC3=O)cc2)C1=O. The van der Waals surface area contributed by atoms with Gasteiger partial charge in [0.15, 0.2) is 11.5 Å². The number of nitrogens with zero attached hydrogens (tertiary/aromatic N) is 2. The van der Waals surface area contributed by atoms with E-state index in [-0.39, 0.29) is 5.91 Å². The lowest BCUT2D eigenvalue weighted by molar-refractivity contribution is -0.133. The minimum Gasteiger partial charge on any atom is -0.486 e. The molecule has 176 valence electrons. The molecular formula is C24H24N4O6. The van der Waals surface area contributed by atoms with Gasteiger partial charge in [0.2, 0.25) is 11.8 Å². The normalized spacial score (nSPS) is 21.6. The zero-order chi connectivity index (χ0) is 23.9. The predicted molar refractivity (Wildman–Crippen MR) is 122 cm³/mol. The Kier molecular flexibility index (Phi) is 5.35. The first kappa shape index (κ1) is 21.7. The number of anilines is 2. The van der Waals surface area contributed by atoms with Gasteiger partial charge in [-0.05, 0) is 55.3 Å². The van der Waals surface area contributed by atoms with E-state index in [1.807, 2.05) is 0 Å². The second kappa shape index (κ2) is 8.36. The molecule has 5 amide bonds. The summed E-state index contributed by atoms with van der Waals surface area (Å²) in [7, 11) is 0. The fraction of sp³-hybridized carbons (Fsp3) is 0.333. The molecule has 2 N–H and O–H groups in total. The quantitative estimate of drug-likeness (QED) is 0.654. The molecule has 2 aromatic carbocycles. The van der Waals surface area contributed by atoms with Crippen molar-refractivity contribution in [3.63, 3.8) is 0 Å². The summed E-state index contributed by atoms with van der Waals surface area (Å²) in [5.41, 5.74) is 0.466. The Bertz CT molecular complexity index is 1180. The maximum absolute atomic E-state index is 13.2. The Morgan fingerprint density at radius 1 is 1.06 bits per heavy atom. The van der Waals surface area contributed by atoms with E-state index in [4.69, 9.17) is 9.47 Å². The van der Waals surface area contributed by atoms with Crippen LogP contribution in [0.5, 0.6) is 11.5 Å². The van der Waals surface area contributed by atoms with Crippen molar-refractivity contribution in [2.75, 3.05) is 36.5 Å². The molecule has 3 aliphatic heterocycles. The van der Waals surface area contributed by atoms with Crippen LogP contribution in [-0.4, -0.2) is 55.0 Å². The molecular weight excluding hydrogens is 440 g/mol. The number of rotatable bonds is 5. The number of hydrogen-bond donors (Lipinski definition) is 2. The van der Waals surface area contributed by atoms with Gasteiger partial charge in [-0.2, -0.15) is 0 Å². The number of carbonyl (C=O) groups excluding carboxylic acids is 4. The molecule has 0 unspecified atom stereocenters. The zero-order valence-electron chi connectivity index (χ0n) is 18.6. The number of carbonyl (C=O) groups is 4. The van der Waals surface area contributed by atoms with E-state index < -0.39 is 29.9 Å². The summed E-state index contributed by atoms with van der Waals surface area (Å²) in [5, 5.41) is 5.38. The molecule has 0 aromatic heterocycles. The van der Waals surface area contributed by atoms with E-state index in [0.717, 1.165) is 17.0 Å². The number of fused-ring (bicyclic) bond motifs is 1. The molecule has 5 rings (SSSR count). The molecule has 0 bridgehead atoms.